The van der Waals surface area contributed by atoms with Gasteiger partial charge in [-0.2, -0.15) is 8.78 Å². The number of rotatable bonds is 9. The molecule has 0 radical (unpaired) electrons. The van der Waals surface area contributed by atoms with Crippen LogP contribution in [0.1, 0.15) is 24.5 Å². The van der Waals surface area contributed by atoms with E-state index in [0.29, 0.717) is 24.1 Å². The van der Waals surface area contributed by atoms with Gasteiger partial charge in [0.25, 0.3) is 6.43 Å². The molecule has 0 spiro atoms. The number of allylic oxidation sites excluding steroid dienone is 1. The minimum absolute atomic E-state index is 0.221. The van der Waals surface area contributed by atoms with Crippen LogP contribution in [0.4, 0.5) is 30.7 Å². The van der Waals surface area contributed by atoms with Crippen molar-refractivity contribution in [1.82, 2.24) is 4.98 Å². The summed E-state index contributed by atoms with van der Waals surface area (Å²) in [6.45, 7) is 2.00. The fraction of sp³-hybridized carbons (Fsp3) is 0.208. The minimum atomic E-state index is -4.29. The maximum absolute atomic E-state index is 14.6. The number of hydrogen-bond acceptors (Lipinski definition) is 3. The first kappa shape index (κ1) is 25.1. The van der Waals surface area contributed by atoms with E-state index in [1.807, 2.05) is 6.92 Å². The molecule has 34 heavy (non-hydrogen) atoms. The van der Waals surface area contributed by atoms with Gasteiger partial charge >= 0.3 is 6.11 Å². The number of nitrogens with zero attached hydrogens (tertiary/aromatic N) is 1. The summed E-state index contributed by atoms with van der Waals surface area (Å²) in [5.41, 5.74) is 0.426. The molecule has 1 aromatic heterocycles. The zero-order valence-electron chi connectivity index (χ0n) is 17.7. The van der Waals surface area contributed by atoms with Gasteiger partial charge in [0.15, 0.2) is 17.4 Å². The Morgan fingerprint density at radius 1 is 0.971 bits per heavy atom. The van der Waals surface area contributed by atoms with Gasteiger partial charge in [-0.1, -0.05) is 25.5 Å². The maximum Gasteiger partial charge on any atom is 0.429 e. The van der Waals surface area contributed by atoms with E-state index in [0.717, 1.165) is 30.5 Å². The summed E-state index contributed by atoms with van der Waals surface area (Å²) in [5, 5.41) is 0. The van der Waals surface area contributed by atoms with Gasteiger partial charge in [0.1, 0.15) is 11.6 Å². The zero-order valence-corrected chi connectivity index (χ0v) is 17.7. The second kappa shape index (κ2) is 10.6. The predicted octanol–water partition coefficient (Wildman–Crippen LogP) is 7.40. The highest BCUT2D eigenvalue weighted by molar-refractivity contribution is 5.60. The number of benzene rings is 2. The van der Waals surface area contributed by atoms with Crippen molar-refractivity contribution < 1.29 is 40.2 Å². The summed E-state index contributed by atoms with van der Waals surface area (Å²) in [5.74, 6) is -6.36. The van der Waals surface area contributed by atoms with Gasteiger partial charge in [-0.15, -0.1) is 0 Å². The average Bonchev–Trinajstić information content (AvgIpc) is 2.75. The molecule has 0 aliphatic carbocycles. The Morgan fingerprint density at radius 2 is 1.68 bits per heavy atom. The molecule has 0 aliphatic heterocycles. The third kappa shape index (κ3) is 6.06. The molecule has 3 aromatic rings. The van der Waals surface area contributed by atoms with Crippen molar-refractivity contribution in [3.8, 4) is 22.8 Å². The Labute approximate surface area is 190 Å². The molecule has 2 aromatic carbocycles. The third-order valence-corrected chi connectivity index (χ3v) is 4.57. The topological polar surface area (TPSA) is 31.4 Å². The number of aryl methyl sites for hydroxylation is 1. The standard InChI is InChI=1S/C24H18F7NO2/c1-2-3-14-4-7-21(32-13-14)15-5-6-17(18(25)10-15)24(30,31)34-16-11-19(26)23(20(27)12-16)33-9-8-22(28)29/h4-13,22H,2-3H2,1H3/b9-8+. The molecule has 10 heteroatoms. The number of aromatic nitrogens is 1. The van der Waals surface area contributed by atoms with E-state index in [4.69, 9.17) is 0 Å². The van der Waals surface area contributed by atoms with E-state index in [1.165, 1.54) is 6.07 Å². The monoisotopic (exact) mass is 485 g/mol. The van der Waals surface area contributed by atoms with Gasteiger partial charge in [0.05, 0.1) is 17.5 Å². The fourth-order valence-corrected chi connectivity index (χ4v) is 3.02. The highest BCUT2D eigenvalue weighted by Crippen LogP contribution is 2.37. The minimum Gasteiger partial charge on any atom is -0.459 e. The summed E-state index contributed by atoms with van der Waals surface area (Å²) in [6.07, 6.45) is -3.31. The van der Waals surface area contributed by atoms with Crippen molar-refractivity contribution in [3.63, 3.8) is 0 Å². The maximum atomic E-state index is 14.6. The average molecular weight is 485 g/mol. The highest BCUT2D eigenvalue weighted by Gasteiger charge is 2.38. The Morgan fingerprint density at radius 3 is 2.24 bits per heavy atom. The van der Waals surface area contributed by atoms with Gasteiger partial charge in [-0.05, 0) is 30.2 Å². The van der Waals surface area contributed by atoms with E-state index in [9.17, 15) is 30.7 Å². The quantitative estimate of drug-likeness (QED) is 0.234. The van der Waals surface area contributed by atoms with Crippen molar-refractivity contribution in [1.29, 1.82) is 0 Å². The van der Waals surface area contributed by atoms with Crippen molar-refractivity contribution in [3.05, 3.63) is 89.6 Å². The van der Waals surface area contributed by atoms with Crippen LogP contribution < -0.4 is 9.47 Å². The summed E-state index contributed by atoms with van der Waals surface area (Å²) in [4.78, 5) is 4.20. The van der Waals surface area contributed by atoms with E-state index < -0.39 is 47.0 Å². The SMILES string of the molecule is CCCc1ccc(-c2ccc(C(F)(F)Oc3cc(F)c(O/C=C/C(F)F)c(F)c3)c(F)c2)nc1. The molecule has 0 N–H and O–H groups in total. The lowest BCUT2D eigenvalue weighted by atomic mass is 10.1. The Balaban J connectivity index is 1.80. The summed E-state index contributed by atoms with van der Waals surface area (Å²) < 4.78 is 105. The predicted molar refractivity (Wildman–Crippen MR) is 110 cm³/mol. The lowest BCUT2D eigenvalue weighted by Gasteiger charge is -2.19. The van der Waals surface area contributed by atoms with Crippen LogP contribution in [-0.2, 0) is 12.5 Å². The molecule has 3 nitrogen and oxygen atoms in total. The molecule has 0 amide bonds. The molecule has 0 saturated heterocycles. The second-order valence-electron chi connectivity index (χ2n) is 7.11. The number of halogens is 7. The van der Waals surface area contributed by atoms with Crippen molar-refractivity contribution in [2.75, 3.05) is 0 Å². The fourth-order valence-electron chi connectivity index (χ4n) is 3.02. The normalized spacial score (nSPS) is 11.9. The molecular weight excluding hydrogens is 467 g/mol. The molecule has 0 atom stereocenters. The molecule has 0 unspecified atom stereocenters. The van der Waals surface area contributed by atoms with Crippen LogP contribution in [0.15, 0.2) is 61.0 Å². The molecule has 0 aliphatic rings. The molecular formula is C24H18F7NO2. The Bertz CT molecular complexity index is 1140. The van der Waals surface area contributed by atoms with Gasteiger partial charge in [-0.3, -0.25) is 4.98 Å². The number of ether oxygens (including phenoxy) is 2. The Kier molecular flexibility index (Phi) is 7.80. The molecule has 3 rings (SSSR count). The van der Waals surface area contributed by atoms with Crippen molar-refractivity contribution in [2.24, 2.45) is 0 Å². The first-order chi connectivity index (χ1) is 16.1. The van der Waals surface area contributed by atoms with Crippen LogP contribution in [0.25, 0.3) is 11.3 Å². The second-order valence-corrected chi connectivity index (χ2v) is 7.11. The van der Waals surface area contributed by atoms with Crippen LogP contribution in [0.5, 0.6) is 11.5 Å². The molecule has 0 saturated carbocycles. The number of hydrogen-bond donors (Lipinski definition) is 0. The molecule has 1 heterocycles. The van der Waals surface area contributed by atoms with Crippen LogP contribution in [0, 0.1) is 17.5 Å². The van der Waals surface area contributed by atoms with Gasteiger partial charge in [-0.25, -0.2) is 22.0 Å². The van der Waals surface area contributed by atoms with Crippen LogP contribution >= 0.6 is 0 Å². The third-order valence-electron chi connectivity index (χ3n) is 4.57. The largest absolute Gasteiger partial charge is 0.459 e. The zero-order chi connectivity index (χ0) is 24.9. The summed E-state index contributed by atoms with van der Waals surface area (Å²) >= 11 is 0. The van der Waals surface area contributed by atoms with E-state index >= 15 is 0 Å². The Hall–Kier alpha value is -3.56. The van der Waals surface area contributed by atoms with Gasteiger partial charge in [0.2, 0.25) is 0 Å². The number of alkyl halides is 4. The van der Waals surface area contributed by atoms with E-state index in [-0.39, 0.29) is 11.6 Å². The first-order valence-electron chi connectivity index (χ1n) is 10.0. The first-order valence-corrected chi connectivity index (χ1v) is 10.0. The lowest BCUT2D eigenvalue weighted by Crippen LogP contribution is -2.23. The molecule has 0 fully saturated rings. The number of pyridine rings is 1. The van der Waals surface area contributed by atoms with Crippen molar-refractivity contribution >= 4 is 0 Å². The van der Waals surface area contributed by atoms with Crippen molar-refractivity contribution in [2.45, 2.75) is 32.3 Å². The summed E-state index contributed by atoms with van der Waals surface area (Å²) in [6, 6.07) is 7.00. The van der Waals surface area contributed by atoms with Crippen LogP contribution in [0.3, 0.4) is 0 Å². The summed E-state index contributed by atoms with van der Waals surface area (Å²) in [7, 11) is 0. The van der Waals surface area contributed by atoms with Crippen LogP contribution in [-0.4, -0.2) is 11.4 Å². The van der Waals surface area contributed by atoms with Crippen LogP contribution in [0.2, 0.25) is 0 Å². The van der Waals surface area contributed by atoms with E-state index in [2.05, 4.69) is 14.5 Å². The lowest BCUT2D eigenvalue weighted by molar-refractivity contribution is -0.187. The highest BCUT2D eigenvalue weighted by atomic mass is 19.3. The van der Waals surface area contributed by atoms with Gasteiger partial charge in [0, 0.05) is 30.0 Å². The van der Waals surface area contributed by atoms with E-state index in [1.54, 1.807) is 18.3 Å². The molecule has 0 bridgehead atoms. The molecule has 180 valence electrons. The smallest absolute Gasteiger partial charge is 0.429 e. The van der Waals surface area contributed by atoms with Gasteiger partial charge < -0.3 is 9.47 Å².